The average Bonchev–Trinajstić information content (AvgIpc) is 3.02. The van der Waals surface area contributed by atoms with Gasteiger partial charge in [-0.25, -0.2) is 0 Å². The summed E-state index contributed by atoms with van der Waals surface area (Å²) in [6, 6.07) is 7.65. The molecule has 0 bridgehead atoms. The molecule has 2 heterocycles. The lowest BCUT2D eigenvalue weighted by Crippen LogP contribution is -2.42. The summed E-state index contributed by atoms with van der Waals surface area (Å²) in [5.41, 5.74) is 1.70. The lowest BCUT2D eigenvalue weighted by Gasteiger charge is -2.31. The Balaban J connectivity index is 1.75. The maximum absolute atomic E-state index is 12.7. The van der Waals surface area contributed by atoms with Gasteiger partial charge in [0.25, 0.3) is 5.91 Å². The Morgan fingerprint density at radius 1 is 1.24 bits per heavy atom. The van der Waals surface area contributed by atoms with E-state index in [4.69, 9.17) is 0 Å². The second-order valence-corrected chi connectivity index (χ2v) is 5.43. The first-order valence-corrected chi connectivity index (χ1v) is 7.27. The fourth-order valence-electron chi connectivity index (χ4n) is 2.99. The van der Waals surface area contributed by atoms with Crippen molar-refractivity contribution in [3.8, 4) is 0 Å². The van der Waals surface area contributed by atoms with Crippen LogP contribution in [0.15, 0.2) is 30.5 Å². The molecule has 0 aliphatic carbocycles. The molecule has 0 atom stereocenters. The van der Waals surface area contributed by atoms with Crippen LogP contribution in [0, 0.1) is 5.92 Å². The highest BCUT2D eigenvalue weighted by Crippen LogP contribution is 2.23. The molecule has 110 valence electrons. The number of nitrogens with zero attached hydrogens (tertiary/aromatic N) is 1. The van der Waals surface area contributed by atoms with Gasteiger partial charge in [-0.2, -0.15) is 0 Å². The maximum Gasteiger partial charge on any atom is 0.254 e. The Labute approximate surface area is 123 Å². The molecule has 0 spiro atoms. The van der Waals surface area contributed by atoms with E-state index in [2.05, 4.69) is 10.3 Å². The topological polar surface area (TPSA) is 65.2 Å². The van der Waals surface area contributed by atoms with Crippen molar-refractivity contribution in [2.24, 2.45) is 5.92 Å². The van der Waals surface area contributed by atoms with Crippen molar-refractivity contribution in [3.05, 3.63) is 36.0 Å². The zero-order chi connectivity index (χ0) is 14.8. The Bertz CT molecular complexity index is 669. The minimum absolute atomic E-state index is 0.0297. The fraction of sp³-hybridized carbons (Fsp3) is 0.375. The Hall–Kier alpha value is -2.30. The summed E-state index contributed by atoms with van der Waals surface area (Å²) in [4.78, 5) is 29.3. The van der Waals surface area contributed by atoms with E-state index in [-0.39, 0.29) is 17.7 Å². The van der Waals surface area contributed by atoms with Gasteiger partial charge in [-0.3, -0.25) is 9.59 Å². The monoisotopic (exact) mass is 285 g/mol. The third kappa shape index (κ3) is 2.51. The lowest BCUT2D eigenvalue weighted by atomic mass is 9.95. The summed E-state index contributed by atoms with van der Waals surface area (Å²) in [6.07, 6.45) is 3.31. The normalized spacial score (nSPS) is 16.1. The van der Waals surface area contributed by atoms with Gasteiger partial charge in [0, 0.05) is 48.7 Å². The number of rotatable bonds is 2. The molecule has 0 unspecified atom stereocenters. The summed E-state index contributed by atoms with van der Waals surface area (Å²) in [5.74, 6) is 0.160. The molecule has 1 fully saturated rings. The van der Waals surface area contributed by atoms with Crippen molar-refractivity contribution in [1.29, 1.82) is 0 Å². The Kier molecular flexibility index (Phi) is 3.64. The first-order valence-electron chi connectivity index (χ1n) is 7.27. The van der Waals surface area contributed by atoms with Crippen LogP contribution >= 0.6 is 0 Å². The van der Waals surface area contributed by atoms with E-state index in [1.54, 1.807) is 7.05 Å². The number of carbonyl (C=O) groups is 2. The van der Waals surface area contributed by atoms with Crippen molar-refractivity contribution < 1.29 is 9.59 Å². The van der Waals surface area contributed by atoms with Gasteiger partial charge in [-0.1, -0.05) is 6.07 Å². The number of fused-ring (bicyclic) bond motifs is 1. The first kappa shape index (κ1) is 13.7. The highest BCUT2D eigenvalue weighted by atomic mass is 16.2. The van der Waals surface area contributed by atoms with Gasteiger partial charge < -0.3 is 15.2 Å². The number of hydrogen-bond donors (Lipinski definition) is 2. The van der Waals surface area contributed by atoms with Crippen molar-refractivity contribution >= 4 is 22.7 Å². The number of aromatic amines is 1. The van der Waals surface area contributed by atoms with Crippen LogP contribution in [0.3, 0.4) is 0 Å². The fourth-order valence-corrected chi connectivity index (χ4v) is 2.99. The highest BCUT2D eigenvalue weighted by Gasteiger charge is 2.27. The van der Waals surface area contributed by atoms with Crippen LogP contribution in [-0.4, -0.2) is 41.8 Å². The molecule has 1 saturated heterocycles. The van der Waals surface area contributed by atoms with Crippen molar-refractivity contribution in [1.82, 2.24) is 15.2 Å². The van der Waals surface area contributed by atoms with E-state index in [9.17, 15) is 9.59 Å². The second kappa shape index (κ2) is 5.60. The molecule has 3 rings (SSSR count). The molecule has 5 nitrogen and oxygen atoms in total. The van der Waals surface area contributed by atoms with Crippen molar-refractivity contribution in [3.63, 3.8) is 0 Å². The molecule has 2 N–H and O–H groups in total. The van der Waals surface area contributed by atoms with Crippen LogP contribution < -0.4 is 5.32 Å². The van der Waals surface area contributed by atoms with Crippen molar-refractivity contribution in [2.45, 2.75) is 12.8 Å². The number of likely N-dealkylation sites (tertiary alicyclic amines) is 1. The zero-order valence-electron chi connectivity index (χ0n) is 12.1. The average molecular weight is 285 g/mol. The lowest BCUT2D eigenvalue weighted by molar-refractivity contribution is -0.125. The SMILES string of the molecule is CNC(=O)C1CCN(C(=O)c2cccc3[nH]ccc23)CC1. The van der Waals surface area contributed by atoms with E-state index in [0.717, 1.165) is 29.3 Å². The number of amides is 2. The molecule has 1 aromatic carbocycles. The largest absolute Gasteiger partial charge is 0.361 e. The van der Waals surface area contributed by atoms with Gasteiger partial charge >= 0.3 is 0 Å². The molecule has 1 aliphatic rings. The van der Waals surface area contributed by atoms with E-state index >= 15 is 0 Å². The molecule has 0 saturated carbocycles. The molecule has 1 aliphatic heterocycles. The summed E-state index contributed by atoms with van der Waals surface area (Å²) >= 11 is 0. The molecular weight excluding hydrogens is 266 g/mol. The smallest absolute Gasteiger partial charge is 0.254 e. The summed E-state index contributed by atoms with van der Waals surface area (Å²) in [7, 11) is 1.66. The van der Waals surface area contributed by atoms with Gasteiger partial charge in [-0.05, 0) is 31.0 Å². The number of aromatic nitrogens is 1. The molecule has 0 radical (unpaired) electrons. The maximum atomic E-state index is 12.7. The van der Waals surface area contributed by atoms with Crippen LogP contribution in [-0.2, 0) is 4.79 Å². The molecular formula is C16H19N3O2. The molecule has 2 amide bonds. The minimum atomic E-state index is 0.0297. The van der Waals surface area contributed by atoms with E-state index in [1.165, 1.54) is 0 Å². The number of hydrogen-bond acceptors (Lipinski definition) is 2. The third-order valence-corrected chi connectivity index (χ3v) is 4.22. The zero-order valence-corrected chi connectivity index (χ0v) is 12.1. The summed E-state index contributed by atoms with van der Waals surface area (Å²) in [5, 5.41) is 3.64. The number of carbonyl (C=O) groups excluding carboxylic acids is 2. The highest BCUT2D eigenvalue weighted by molar-refractivity contribution is 6.06. The first-order chi connectivity index (χ1) is 10.2. The Morgan fingerprint density at radius 2 is 2.00 bits per heavy atom. The third-order valence-electron chi connectivity index (χ3n) is 4.22. The Morgan fingerprint density at radius 3 is 2.71 bits per heavy atom. The van der Waals surface area contributed by atoms with E-state index in [0.29, 0.717) is 13.1 Å². The van der Waals surface area contributed by atoms with Gasteiger partial charge in [0.05, 0.1) is 0 Å². The minimum Gasteiger partial charge on any atom is -0.361 e. The number of piperidine rings is 1. The predicted octanol–water partition coefficient (Wildman–Crippen LogP) is 1.77. The van der Waals surface area contributed by atoms with Crippen LogP contribution in [0.1, 0.15) is 23.2 Å². The molecule has 5 heteroatoms. The number of nitrogens with one attached hydrogen (secondary N) is 2. The summed E-state index contributed by atoms with van der Waals surface area (Å²) in [6.45, 7) is 1.27. The van der Waals surface area contributed by atoms with Gasteiger partial charge in [-0.15, -0.1) is 0 Å². The van der Waals surface area contributed by atoms with Crippen LogP contribution in [0.2, 0.25) is 0 Å². The number of H-pyrrole nitrogens is 1. The van der Waals surface area contributed by atoms with E-state index in [1.807, 2.05) is 35.4 Å². The quantitative estimate of drug-likeness (QED) is 0.883. The van der Waals surface area contributed by atoms with Crippen LogP contribution in [0.25, 0.3) is 10.9 Å². The van der Waals surface area contributed by atoms with Crippen molar-refractivity contribution in [2.75, 3.05) is 20.1 Å². The van der Waals surface area contributed by atoms with Crippen LogP contribution in [0.4, 0.5) is 0 Å². The van der Waals surface area contributed by atoms with Gasteiger partial charge in [0.1, 0.15) is 0 Å². The predicted molar refractivity (Wildman–Crippen MR) is 81.0 cm³/mol. The van der Waals surface area contributed by atoms with E-state index < -0.39 is 0 Å². The second-order valence-electron chi connectivity index (χ2n) is 5.43. The van der Waals surface area contributed by atoms with Gasteiger partial charge in [0.2, 0.25) is 5.91 Å². The summed E-state index contributed by atoms with van der Waals surface area (Å²) < 4.78 is 0. The standard InChI is InChI=1S/C16H19N3O2/c1-17-15(20)11-6-9-19(10-7-11)16(21)13-3-2-4-14-12(13)5-8-18-14/h2-5,8,11,18H,6-7,9-10H2,1H3,(H,17,20). The number of benzene rings is 1. The van der Waals surface area contributed by atoms with Gasteiger partial charge in [0.15, 0.2) is 0 Å². The molecule has 1 aromatic heterocycles. The molecule has 21 heavy (non-hydrogen) atoms. The molecule has 2 aromatic rings. The van der Waals surface area contributed by atoms with Crippen LogP contribution in [0.5, 0.6) is 0 Å².